The Bertz CT molecular complexity index is 705. The molecule has 0 bridgehead atoms. The van der Waals surface area contributed by atoms with Crippen molar-refractivity contribution in [1.29, 1.82) is 0 Å². The van der Waals surface area contributed by atoms with E-state index in [2.05, 4.69) is 10.1 Å². The highest BCUT2D eigenvalue weighted by atomic mass is 16.4. The van der Waals surface area contributed by atoms with Crippen LogP contribution in [0.3, 0.4) is 0 Å². The van der Waals surface area contributed by atoms with Gasteiger partial charge >= 0.3 is 5.76 Å². The van der Waals surface area contributed by atoms with E-state index in [1.807, 2.05) is 25.2 Å². The monoisotopic (exact) mass is 215 g/mol. The van der Waals surface area contributed by atoms with Crippen LogP contribution in [-0.2, 0) is 7.05 Å². The summed E-state index contributed by atoms with van der Waals surface area (Å²) < 4.78 is 6.71. The molecule has 0 aliphatic rings. The second-order valence-corrected chi connectivity index (χ2v) is 3.57. The van der Waals surface area contributed by atoms with E-state index in [0.29, 0.717) is 11.1 Å². The number of hydrogen-bond acceptors (Lipinski definition) is 3. The van der Waals surface area contributed by atoms with Crippen LogP contribution in [0, 0.1) is 0 Å². The van der Waals surface area contributed by atoms with Gasteiger partial charge in [-0.25, -0.2) is 4.79 Å². The molecular formula is C11H9N3O2. The highest BCUT2D eigenvalue weighted by Gasteiger charge is 2.06. The summed E-state index contributed by atoms with van der Waals surface area (Å²) in [5.41, 5.74) is 3.24. The molecule has 0 saturated heterocycles. The summed E-state index contributed by atoms with van der Waals surface area (Å²) in [7, 11) is 1.87. The summed E-state index contributed by atoms with van der Waals surface area (Å²) in [4.78, 5) is 13.6. The van der Waals surface area contributed by atoms with Crippen LogP contribution >= 0.6 is 0 Å². The van der Waals surface area contributed by atoms with Crippen LogP contribution < -0.4 is 5.76 Å². The van der Waals surface area contributed by atoms with Crippen LogP contribution in [-0.4, -0.2) is 14.8 Å². The summed E-state index contributed by atoms with van der Waals surface area (Å²) in [6, 6.07) is 7.46. The lowest BCUT2D eigenvalue weighted by atomic mass is 10.1. The number of aromatic nitrogens is 3. The Morgan fingerprint density at radius 3 is 3.00 bits per heavy atom. The molecule has 3 aromatic rings. The molecule has 5 heteroatoms. The maximum Gasteiger partial charge on any atom is 0.417 e. The van der Waals surface area contributed by atoms with E-state index < -0.39 is 5.76 Å². The highest BCUT2D eigenvalue weighted by molar-refractivity contribution is 5.79. The van der Waals surface area contributed by atoms with Gasteiger partial charge in [0.25, 0.3) is 0 Å². The van der Waals surface area contributed by atoms with Crippen LogP contribution in [0.15, 0.2) is 39.7 Å². The average molecular weight is 215 g/mol. The predicted octanol–water partition coefficient (Wildman–Crippen LogP) is 1.52. The molecule has 5 nitrogen and oxygen atoms in total. The lowest BCUT2D eigenvalue weighted by Gasteiger charge is -2.00. The van der Waals surface area contributed by atoms with Crippen LogP contribution in [0.1, 0.15) is 0 Å². The van der Waals surface area contributed by atoms with Crippen LogP contribution in [0.5, 0.6) is 0 Å². The second kappa shape index (κ2) is 3.10. The van der Waals surface area contributed by atoms with E-state index in [0.717, 1.165) is 11.3 Å². The topological polar surface area (TPSA) is 63.8 Å². The van der Waals surface area contributed by atoms with Gasteiger partial charge in [0.1, 0.15) is 0 Å². The first kappa shape index (κ1) is 8.96. The molecule has 1 N–H and O–H groups in total. The van der Waals surface area contributed by atoms with Crippen molar-refractivity contribution in [2.75, 3.05) is 0 Å². The Morgan fingerprint density at radius 2 is 2.25 bits per heavy atom. The zero-order chi connectivity index (χ0) is 11.1. The zero-order valence-electron chi connectivity index (χ0n) is 8.60. The molecule has 0 unspecified atom stereocenters. The summed E-state index contributed by atoms with van der Waals surface area (Å²) in [6.45, 7) is 0. The van der Waals surface area contributed by atoms with E-state index in [-0.39, 0.29) is 0 Å². The number of fused-ring (bicyclic) bond motifs is 1. The summed E-state index contributed by atoms with van der Waals surface area (Å²) in [6.07, 6.45) is 1.73. The van der Waals surface area contributed by atoms with Gasteiger partial charge in [0.05, 0.1) is 11.2 Å². The Labute approximate surface area is 90.3 Å². The molecule has 0 radical (unpaired) electrons. The fourth-order valence-corrected chi connectivity index (χ4v) is 1.77. The summed E-state index contributed by atoms with van der Waals surface area (Å²) in [5.74, 6) is -0.433. The van der Waals surface area contributed by atoms with Gasteiger partial charge in [0.2, 0.25) is 0 Å². The van der Waals surface area contributed by atoms with Crippen molar-refractivity contribution in [3.8, 4) is 11.3 Å². The van der Waals surface area contributed by atoms with E-state index >= 15 is 0 Å². The van der Waals surface area contributed by atoms with Gasteiger partial charge in [-0.15, -0.1) is 0 Å². The lowest BCUT2D eigenvalue weighted by Crippen LogP contribution is -1.94. The number of nitrogens with one attached hydrogen (secondary N) is 1. The van der Waals surface area contributed by atoms with Crippen LogP contribution in [0.2, 0.25) is 0 Å². The van der Waals surface area contributed by atoms with Gasteiger partial charge in [-0.2, -0.15) is 5.10 Å². The third kappa shape index (κ3) is 1.25. The molecule has 0 atom stereocenters. The zero-order valence-corrected chi connectivity index (χ0v) is 8.60. The fourth-order valence-electron chi connectivity index (χ4n) is 1.77. The van der Waals surface area contributed by atoms with Crippen molar-refractivity contribution in [2.24, 2.45) is 7.05 Å². The lowest BCUT2D eigenvalue weighted by molar-refractivity contribution is 0.555. The van der Waals surface area contributed by atoms with Crippen molar-refractivity contribution in [1.82, 2.24) is 14.8 Å². The maximum atomic E-state index is 11.0. The SMILES string of the molecule is Cn1nccc1-c1ccc2oc(=O)[nH]c2c1. The average Bonchev–Trinajstić information content (AvgIpc) is 2.81. The number of rotatable bonds is 1. The van der Waals surface area contributed by atoms with Gasteiger partial charge in [-0.3, -0.25) is 9.67 Å². The summed E-state index contributed by atoms with van der Waals surface area (Å²) >= 11 is 0. The number of aryl methyl sites for hydroxylation is 1. The maximum absolute atomic E-state index is 11.0. The van der Waals surface area contributed by atoms with Crippen molar-refractivity contribution in [3.05, 3.63) is 41.0 Å². The largest absolute Gasteiger partial charge is 0.417 e. The number of hydrogen-bond donors (Lipinski definition) is 1. The standard InChI is InChI=1S/C11H9N3O2/c1-14-9(4-5-12-14)7-2-3-10-8(6-7)13-11(15)16-10/h2-6H,1H3,(H,13,15). The molecule has 1 aromatic carbocycles. The summed E-state index contributed by atoms with van der Waals surface area (Å²) in [5, 5.41) is 4.10. The Hall–Kier alpha value is -2.30. The van der Waals surface area contributed by atoms with Crippen molar-refractivity contribution >= 4 is 11.1 Å². The minimum Gasteiger partial charge on any atom is -0.408 e. The predicted molar refractivity (Wildman–Crippen MR) is 59.0 cm³/mol. The minimum absolute atomic E-state index is 0.433. The number of benzene rings is 1. The van der Waals surface area contributed by atoms with Crippen LogP contribution in [0.25, 0.3) is 22.4 Å². The molecule has 0 spiro atoms. The van der Waals surface area contributed by atoms with Gasteiger partial charge in [-0.1, -0.05) is 0 Å². The Morgan fingerprint density at radius 1 is 1.38 bits per heavy atom. The smallest absolute Gasteiger partial charge is 0.408 e. The van der Waals surface area contributed by atoms with Crippen molar-refractivity contribution < 1.29 is 4.42 Å². The third-order valence-corrected chi connectivity index (χ3v) is 2.54. The van der Waals surface area contributed by atoms with Gasteiger partial charge < -0.3 is 4.42 Å². The molecule has 2 heterocycles. The molecule has 0 amide bonds. The molecule has 0 aliphatic heterocycles. The molecule has 3 rings (SSSR count). The quantitative estimate of drug-likeness (QED) is 0.669. The van der Waals surface area contributed by atoms with E-state index in [1.54, 1.807) is 16.9 Å². The fraction of sp³-hybridized carbons (Fsp3) is 0.0909. The first-order valence-electron chi connectivity index (χ1n) is 4.85. The van der Waals surface area contributed by atoms with Crippen molar-refractivity contribution in [2.45, 2.75) is 0 Å². The van der Waals surface area contributed by atoms with Gasteiger partial charge in [0, 0.05) is 18.8 Å². The van der Waals surface area contributed by atoms with Crippen molar-refractivity contribution in [3.63, 3.8) is 0 Å². The molecule has 80 valence electrons. The third-order valence-electron chi connectivity index (χ3n) is 2.54. The van der Waals surface area contributed by atoms with E-state index in [4.69, 9.17) is 4.42 Å². The highest BCUT2D eigenvalue weighted by Crippen LogP contribution is 2.21. The molecule has 0 aliphatic carbocycles. The normalized spacial score (nSPS) is 11.1. The molecule has 0 saturated carbocycles. The molecular weight excluding hydrogens is 206 g/mol. The molecule has 0 fully saturated rings. The van der Waals surface area contributed by atoms with Gasteiger partial charge in [-0.05, 0) is 24.3 Å². The van der Waals surface area contributed by atoms with Crippen LogP contribution in [0.4, 0.5) is 0 Å². The second-order valence-electron chi connectivity index (χ2n) is 3.57. The number of oxazole rings is 1. The first-order valence-corrected chi connectivity index (χ1v) is 4.85. The van der Waals surface area contributed by atoms with E-state index in [1.165, 1.54) is 0 Å². The minimum atomic E-state index is -0.433. The first-order chi connectivity index (χ1) is 7.74. The Balaban J connectivity index is 2.26. The molecule has 2 aromatic heterocycles. The number of aromatic amines is 1. The van der Waals surface area contributed by atoms with E-state index in [9.17, 15) is 4.79 Å². The number of nitrogens with zero attached hydrogens (tertiary/aromatic N) is 2. The number of H-pyrrole nitrogens is 1. The Kier molecular flexibility index (Phi) is 1.73. The van der Waals surface area contributed by atoms with Gasteiger partial charge in [0.15, 0.2) is 5.58 Å². The molecule has 16 heavy (non-hydrogen) atoms.